The highest BCUT2D eigenvalue weighted by Gasteiger charge is 2.17. The normalized spacial score (nSPS) is 14.7. The van der Waals surface area contributed by atoms with Crippen molar-refractivity contribution in [1.29, 1.82) is 0 Å². The zero-order valence-electron chi connectivity index (χ0n) is 12.1. The van der Waals surface area contributed by atoms with Gasteiger partial charge in [0, 0.05) is 12.5 Å². The smallest absolute Gasteiger partial charge is 0.0941 e. The first-order valence-corrected chi connectivity index (χ1v) is 8.14. The van der Waals surface area contributed by atoms with Crippen LogP contribution in [0.4, 0.5) is 0 Å². The van der Waals surface area contributed by atoms with E-state index in [-0.39, 0.29) is 0 Å². The van der Waals surface area contributed by atoms with Crippen LogP contribution in [0.2, 0.25) is 0 Å². The van der Waals surface area contributed by atoms with Crippen LogP contribution in [0, 0.1) is 5.92 Å². The number of rotatable bonds is 7. The molecule has 1 aromatic carbocycles. The molecule has 0 aliphatic rings. The molecule has 0 saturated carbocycles. The Kier molecular flexibility index (Phi) is 5.34. The van der Waals surface area contributed by atoms with E-state index in [1.165, 1.54) is 22.5 Å². The molecule has 2 aromatic rings. The van der Waals surface area contributed by atoms with Crippen molar-refractivity contribution in [2.24, 2.45) is 5.92 Å². The fourth-order valence-electron chi connectivity index (χ4n) is 2.44. The van der Waals surface area contributed by atoms with Crippen LogP contribution < -0.4 is 5.32 Å². The molecule has 1 N–H and O–H groups in total. The van der Waals surface area contributed by atoms with Crippen molar-refractivity contribution in [2.75, 3.05) is 6.54 Å². The highest BCUT2D eigenvalue weighted by molar-refractivity contribution is 7.18. The number of aromatic nitrogens is 1. The summed E-state index contributed by atoms with van der Waals surface area (Å²) >= 11 is 1.84. The Hall–Kier alpha value is -0.930. The van der Waals surface area contributed by atoms with Gasteiger partial charge in [-0.3, -0.25) is 0 Å². The molecule has 0 spiro atoms. The fourth-order valence-corrected chi connectivity index (χ4v) is 3.50. The van der Waals surface area contributed by atoms with Crippen LogP contribution in [-0.4, -0.2) is 17.6 Å². The SMILES string of the molecule is CCCNC(C)C(CC)Cc1nc2ccccc2s1. The topological polar surface area (TPSA) is 24.9 Å². The van der Waals surface area contributed by atoms with Crippen molar-refractivity contribution < 1.29 is 0 Å². The van der Waals surface area contributed by atoms with Gasteiger partial charge in [0.15, 0.2) is 0 Å². The van der Waals surface area contributed by atoms with Gasteiger partial charge in [0.25, 0.3) is 0 Å². The van der Waals surface area contributed by atoms with E-state index in [4.69, 9.17) is 4.98 Å². The van der Waals surface area contributed by atoms with Crippen molar-refractivity contribution >= 4 is 21.6 Å². The molecule has 1 heterocycles. The third-order valence-electron chi connectivity index (χ3n) is 3.72. The predicted octanol–water partition coefficient (Wildman–Crippen LogP) is 4.25. The van der Waals surface area contributed by atoms with E-state index >= 15 is 0 Å². The van der Waals surface area contributed by atoms with Crippen molar-refractivity contribution in [1.82, 2.24) is 10.3 Å². The Morgan fingerprint density at radius 1 is 1.26 bits per heavy atom. The Balaban J connectivity index is 2.04. The molecular weight excluding hydrogens is 252 g/mol. The molecule has 104 valence electrons. The summed E-state index contributed by atoms with van der Waals surface area (Å²) in [6.45, 7) is 7.91. The van der Waals surface area contributed by atoms with Gasteiger partial charge in [-0.05, 0) is 37.9 Å². The van der Waals surface area contributed by atoms with Gasteiger partial charge in [-0.15, -0.1) is 11.3 Å². The maximum absolute atomic E-state index is 4.75. The van der Waals surface area contributed by atoms with Crippen molar-refractivity contribution in [3.8, 4) is 0 Å². The van der Waals surface area contributed by atoms with Gasteiger partial charge < -0.3 is 5.32 Å². The van der Waals surface area contributed by atoms with Crippen LogP contribution in [0.15, 0.2) is 24.3 Å². The zero-order valence-corrected chi connectivity index (χ0v) is 13.0. The van der Waals surface area contributed by atoms with E-state index in [0.29, 0.717) is 12.0 Å². The maximum Gasteiger partial charge on any atom is 0.0941 e. The molecule has 0 amide bonds. The Labute approximate surface area is 120 Å². The molecule has 0 saturated heterocycles. The molecule has 2 unspecified atom stereocenters. The molecule has 2 atom stereocenters. The van der Waals surface area contributed by atoms with Gasteiger partial charge in [0.05, 0.1) is 15.2 Å². The standard InChI is InChI=1S/C16H24N2S/c1-4-10-17-12(3)13(5-2)11-16-18-14-8-6-7-9-15(14)19-16/h6-9,12-13,17H,4-5,10-11H2,1-3H3. The number of nitrogens with zero attached hydrogens (tertiary/aromatic N) is 1. The second kappa shape index (κ2) is 7.01. The van der Waals surface area contributed by atoms with E-state index in [9.17, 15) is 0 Å². The molecule has 0 bridgehead atoms. The lowest BCUT2D eigenvalue weighted by Crippen LogP contribution is -2.34. The third-order valence-corrected chi connectivity index (χ3v) is 4.78. The van der Waals surface area contributed by atoms with Gasteiger partial charge in [0.2, 0.25) is 0 Å². The van der Waals surface area contributed by atoms with Gasteiger partial charge in [0.1, 0.15) is 0 Å². The van der Waals surface area contributed by atoms with E-state index in [1.807, 2.05) is 11.3 Å². The summed E-state index contributed by atoms with van der Waals surface area (Å²) in [4.78, 5) is 4.75. The zero-order chi connectivity index (χ0) is 13.7. The predicted molar refractivity (Wildman–Crippen MR) is 84.9 cm³/mol. The van der Waals surface area contributed by atoms with Crippen LogP contribution in [0.25, 0.3) is 10.2 Å². The molecule has 1 aromatic heterocycles. The number of para-hydroxylation sites is 1. The number of nitrogens with one attached hydrogen (secondary N) is 1. The van der Waals surface area contributed by atoms with Crippen LogP contribution in [0.1, 0.15) is 38.6 Å². The highest BCUT2D eigenvalue weighted by atomic mass is 32.1. The van der Waals surface area contributed by atoms with Crippen LogP contribution in [0.3, 0.4) is 0 Å². The Morgan fingerprint density at radius 3 is 2.74 bits per heavy atom. The maximum atomic E-state index is 4.75. The molecule has 2 nitrogen and oxygen atoms in total. The molecule has 0 radical (unpaired) electrons. The second-order valence-electron chi connectivity index (χ2n) is 5.19. The summed E-state index contributed by atoms with van der Waals surface area (Å²) in [5.74, 6) is 0.673. The second-order valence-corrected chi connectivity index (χ2v) is 6.31. The van der Waals surface area contributed by atoms with Gasteiger partial charge in [-0.25, -0.2) is 4.98 Å². The quantitative estimate of drug-likeness (QED) is 0.817. The largest absolute Gasteiger partial charge is 0.314 e. The van der Waals surface area contributed by atoms with E-state index in [0.717, 1.165) is 18.5 Å². The van der Waals surface area contributed by atoms with Crippen LogP contribution in [-0.2, 0) is 6.42 Å². The van der Waals surface area contributed by atoms with Gasteiger partial charge >= 0.3 is 0 Å². The fraction of sp³-hybridized carbons (Fsp3) is 0.562. The average Bonchev–Trinajstić information content (AvgIpc) is 2.84. The summed E-state index contributed by atoms with van der Waals surface area (Å²) in [5, 5.41) is 4.89. The first-order chi connectivity index (χ1) is 9.24. The number of hydrogen-bond donors (Lipinski definition) is 1. The van der Waals surface area contributed by atoms with Crippen molar-refractivity contribution in [3.05, 3.63) is 29.3 Å². The molecule has 19 heavy (non-hydrogen) atoms. The minimum Gasteiger partial charge on any atom is -0.314 e. The molecule has 0 fully saturated rings. The Bertz CT molecular complexity index is 473. The number of fused-ring (bicyclic) bond motifs is 1. The number of hydrogen-bond acceptors (Lipinski definition) is 3. The number of benzene rings is 1. The minimum atomic E-state index is 0.567. The summed E-state index contributed by atoms with van der Waals surface area (Å²) in [5.41, 5.74) is 1.14. The summed E-state index contributed by atoms with van der Waals surface area (Å²) < 4.78 is 1.31. The first-order valence-electron chi connectivity index (χ1n) is 7.32. The Morgan fingerprint density at radius 2 is 2.05 bits per heavy atom. The molecular formula is C16H24N2S. The average molecular weight is 276 g/mol. The molecule has 0 aliphatic carbocycles. The number of thiazole rings is 1. The summed E-state index contributed by atoms with van der Waals surface area (Å²) in [7, 11) is 0. The molecule has 3 heteroatoms. The molecule has 0 aliphatic heterocycles. The molecule has 2 rings (SSSR count). The van der Waals surface area contributed by atoms with Crippen LogP contribution in [0.5, 0.6) is 0 Å². The third kappa shape index (κ3) is 3.77. The highest BCUT2D eigenvalue weighted by Crippen LogP contribution is 2.25. The monoisotopic (exact) mass is 276 g/mol. The summed E-state index contributed by atoms with van der Waals surface area (Å²) in [6.07, 6.45) is 3.49. The lowest BCUT2D eigenvalue weighted by Gasteiger charge is -2.22. The lowest BCUT2D eigenvalue weighted by atomic mass is 9.95. The minimum absolute atomic E-state index is 0.567. The first kappa shape index (κ1) is 14.5. The van der Waals surface area contributed by atoms with E-state index < -0.39 is 0 Å². The van der Waals surface area contributed by atoms with E-state index in [2.05, 4.69) is 50.4 Å². The summed E-state index contributed by atoms with van der Waals surface area (Å²) in [6, 6.07) is 8.99. The van der Waals surface area contributed by atoms with Crippen molar-refractivity contribution in [2.45, 2.75) is 46.1 Å². The van der Waals surface area contributed by atoms with Crippen molar-refractivity contribution in [3.63, 3.8) is 0 Å². The lowest BCUT2D eigenvalue weighted by molar-refractivity contribution is 0.362. The van der Waals surface area contributed by atoms with Crippen LogP contribution >= 0.6 is 11.3 Å². The van der Waals surface area contributed by atoms with Gasteiger partial charge in [-0.1, -0.05) is 32.4 Å². The van der Waals surface area contributed by atoms with E-state index in [1.54, 1.807) is 0 Å². The van der Waals surface area contributed by atoms with Gasteiger partial charge in [-0.2, -0.15) is 0 Å².